The van der Waals surface area contributed by atoms with E-state index in [1.807, 2.05) is 25.7 Å². The third-order valence-electron chi connectivity index (χ3n) is 3.83. The molecule has 110 valence electrons. The zero-order chi connectivity index (χ0) is 14.7. The lowest BCUT2D eigenvalue weighted by atomic mass is 9.97. The first-order valence-corrected chi connectivity index (χ1v) is 7.14. The van der Waals surface area contributed by atoms with E-state index in [0.717, 1.165) is 0 Å². The van der Waals surface area contributed by atoms with E-state index in [1.165, 1.54) is 6.07 Å². The van der Waals surface area contributed by atoms with E-state index in [4.69, 9.17) is 4.74 Å². The molecule has 20 heavy (non-hydrogen) atoms. The average Bonchev–Trinajstić information content (AvgIpc) is 2.41. The van der Waals surface area contributed by atoms with Gasteiger partial charge >= 0.3 is 0 Å². The van der Waals surface area contributed by atoms with Gasteiger partial charge in [0.25, 0.3) is 0 Å². The van der Waals surface area contributed by atoms with Gasteiger partial charge in [-0.1, -0.05) is 25.1 Å². The fourth-order valence-corrected chi connectivity index (χ4v) is 2.77. The monoisotopic (exact) mass is 279 g/mol. The Morgan fingerprint density at radius 2 is 1.95 bits per heavy atom. The zero-order valence-electron chi connectivity index (χ0n) is 12.3. The molecule has 0 N–H and O–H groups in total. The first kappa shape index (κ1) is 15.0. The van der Waals surface area contributed by atoms with Gasteiger partial charge in [-0.25, -0.2) is 4.39 Å². The minimum Gasteiger partial charge on any atom is -0.377 e. The summed E-state index contributed by atoms with van der Waals surface area (Å²) in [6.07, 6.45) is 0.433. The summed E-state index contributed by atoms with van der Waals surface area (Å²) < 4.78 is 19.1. The molecular weight excluding hydrogens is 257 g/mol. The zero-order valence-corrected chi connectivity index (χ0v) is 12.3. The van der Waals surface area contributed by atoms with Crippen LogP contribution in [0.25, 0.3) is 0 Å². The van der Waals surface area contributed by atoms with Gasteiger partial charge in [0.2, 0.25) is 5.91 Å². The Bertz CT molecular complexity index is 467. The van der Waals surface area contributed by atoms with Crippen LogP contribution in [0.2, 0.25) is 0 Å². The van der Waals surface area contributed by atoms with Crippen LogP contribution in [-0.4, -0.2) is 36.1 Å². The first-order chi connectivity index (χ1) is 9.50. The number of benzene rings is 1. The Hall–Kier alpha value is -1.42. The summed E-state index contributed by atoms with van der Waals surface area (Å²) in [5.41, 5.74) is 0.599. The van der Waals surface area contributed by atoms with Gasteiger partial charge < -0.3 is 9.64 Å². The smallest absolute Gasteiger partial charge is 0.226 e. The molecule has 1 fully saturated rings. The molecule has 1 amide bonds. The molecule has 0 saturated carbocycles. The van der Waals surface area contributed by atoms with E-state index < -0.39 is 0 Å². The predicted molar refractivity (Wildman–Crippen MR) is 75.9 cm³/mol. The van der Waals surface area contributed by atoms with Gasteiger partial charge in [-0.3, -0.25) is 4.79 Å². The molecule has 1 heterocycles. The Kier molecular flexibility index (Phi) is 4.76. The largest absolute Gasteiger partial charge is 0.377 e. The fourth-order valence-electron chi connectivity index (χ4n) is 2.77. The summed E-state index contributed by atoms with van der Waals surface area (Å²) in [6, 6.07) is 6.80. The molecule has 0 radical (unpaired) electrons. The summed E-state index contributed by atoms with van der Waals surface area (Å²) in [5.74, 6) is -0.387. The van der Waals surface area contributed by atoms with Gasteiger partial charge in [-0.15, -0.1) is 0 Å². The molecule has 1 aromatic carbocycles. The van der Waals surface area contributed by atoms with E-state index in [9.17, 15) is 9.18 Å². The quantitative estimate of drug-likeness (QED) is 0.851. The fraction of sp³-hybridized carbons (Fsp3) is 0.562. The maximum absolute atomic E-state index is 13.7. The van der Waals surface area contributed by atoms with Crippen molar-refractivity contribution >= 4 is 5.91 Å². The molecule has 1 aromatic rings. The van der Waals surface area contributed by atoms with Gasteiger partial charge in [0.15, 0.2) is 0 Å². The molecule has 4 heteroatoms. The van der Waals surface area contributed by atoms with Crippen LogP contribution >= 0.6 is 0 Å². The minimum absolute atomic E-state index is 0.0781. The second-order valence-electron chi connectivity index (χ2n) is 5.68. The van der Waals surface area contributed by atoms with Crippen LogP contribution in [0.4, 0.5) is 4.39 Å². The Morgan fingerprint density at radius 3 is 2.55 bits per heavy atom. The molecule has 0 bridgehead atoms. The van der Waals surface area contributed by atoms with Crippen molar-refractivity contribution in [3.8, 4) is 0 Å². The number of hydrogen-bond donors (Lipinski definition) is 0. The molecule has 3 atom stereocenters. The molecular formula is C16H22FNO2. The van der Waals surface area contributed by atoms with Crippen LogP contribution < -0.4 is 0 Å². The van der Waals surface area contributed by atoms with E-state index in [0.29, 0.717) is 25.2 Å². The van der Waals surface area contributed by atoms with Crippen molar-refractivity contribution in [2.24, 2.45) is 5.92 Å². The van der Waals surface area contributed by atoms with Gasteiger partial charge in [0.1, 0.15) is 5.82 Å². The van der Waals surface area contributed by atoms with Crippen molar-refractivity contribution < 1.29 is 13.9 Å². The normalized spacial score (nSPS) is 24.5. The van der Waals surface area contributed by atoms with Crippen molar-refractivity contribution in [2.75, 3.05) is 13.2 Å². The second kappa shape index (κ2) is 6.35. The molecule has 0 aromatic heterocycles. The Morgan fingerprint density at radius 1 is 1.35 bits per heavy atom. The summed E-state index contributed by atoms with van der Waals surface area (Å²) >= 11 is 0. The Balaban J connectivity index is 2.06. The van der Waals surface area contributed by atoms with Crippen LogP contribution in [0.5, 0.6) is 0 Å². The molecule has 3 unspecified atom stereocenters. The highest BCUT2D eigenvalue weighted by molar-refractivity contribution is 5.79. The standard InChI is InChI=1S/C16H22FNO2/c1-11(8-14-6-4-5-7-15(14)17)16(19)18-12(2)9-20-10-13(18)3/h4-7,11-13H,8-10H2,1-3H3. The van der Waals surface area contributed by atoms with Crippen LogP contribution in [0, 0.1) is 11.7 Å². The number of carbonyl (C=O) groups excluding carboxylic acids is 1. The van der Waals surface area contributed by atoms with Gasteiger partial charge in [0, 0.05) is 5.92 Å². The van der Waals surface area contributed by atoms with Crippen molar-refractivity contribution in [2.45, 2.75) is 39.3 Å². The van der Waals surface area contributed by atoms with E-state index in [1.54, 1.807) is 18.2 Å². The van der Waals surface area contributed by atoms with Crippen molar-refractivity contribution in [1.82, 2.24) is 4.90 Å². The number of carbonyl (C=O) groups is 1. The molecule has 1 aliphatic rings. The lowest BCUT2D eigenvalue weighted by Crippen LogP contribution is -2.54. The SMILES string of the molecule is CC(Cc1ccccc1F)C(=O)N1C(C)COCC1C. The molecule has 1 saturated heterocycles. The lowest BCUT2D eigenvalue weighted by Gasteiger charge is -2.40. The summed E-state index contributed by atoms with van der Waals surface area (Å²) in [6.45, 7) is 6.99. The number of nitrogens with zero attached hydrogens (tertiary/aromatic N) is 1. The van der Waals surface area contributed by atoms with Crippen molar-refractivity contribution in [1.29, 1.82) is 0 Å². The predicted octanol–water partition coefficient (Wildman–Crippen LogP) is 2.64. The number of rotatable bonds is 3. The number of amides is 1. The maximum Gasteiger partial charge on any atom is 0.226 e. The summed E-state index contributed by atoms with van der Waals surface area (Å²) in [4.78, 5) is 14.5. The van der Waals surface area contributed by atoms with Crippen LogP contribution in [0.3, 0.4) is 0 Å². The molecule has 2 rings (SSSR count). The molecule has 3 nitrogen and oxygen atoms in total. The topological polar surface area (TPSA) is 29.5 Å². The molecule has 0 aliphatic carbocycles. The number of hydrogen-bond acceptors (Lipinski definition) is 2. The van der Waals surface area contributed by atoms with Gasteiger partial charge in [-0.05, 0) is 31.9 Å². The van der Waals surface area contributed by atoms with Crippen molar-refractivity contribution in [3.63, 3.8) is 0 Å². The third kappa shape index (κ3) is 3.18. The molecule has 0 spiro atoms. The second-order valence-corrected chi connectivity index (χ2v) is 5.68. The van der Waals surface area contributed by atoms with Gasteiger partial charge in [0.05, 0.1) is 25.3 Å². The molecule has 1 aliphatic heterocycles. The van der Waals surface area contributed by atoms with Gasteiger partial charge in [-0.2, -0.15) is 0 Å². The maximum atomic E-state index is 13.7. The van der Waals surface area contributed by atoms with Crippen LogP contribution in [0.1, 0.15) is 26.3 Å². The van der Waals surface area contributed by atoms with E-state index in [-0.39, 0.29) is 29.7 Å². The lowest BCUT2D eigenvalue weighted by molar-refractivity contribution is -0.148. The van der Waals surface area contributed by atoms with Crippen LogP contribution in [0.15, 0.2) is 24.3 Å². The van der Waals surface area contributed by atoms with E-state index >= 15 is 0 Å². The number of ether oxygens (including phenoxy) is 1. The highest BCUT2D eigenvalue weighted by atomic mass is 19.1. The number of morpholine rings is 1. The highest BCUT2D eigenvalue weighted by Gasteiger charge is 2.32. The Labute approximate surface area is 119 Å². The third-order valence-corrected chi connectivity index (χ3v) is 3.83. The highest BCUT2D eigenvalue weighted by Crippen LogP contribution is 2.20. The number of halogens is 1. The van der Waals surface area contributed by atoms with Crippen LogP contribution in [-0.2, 0) is 16.0 Å². The van der Waals surface area contributed by atoms with Crippen molar-refractivity contribution in [3.05, 3.63) is 35.6 Å². The summed E-state index contributed by atoms with van der Waals surface area (Å²) in [7, 11) is 0. The minimum atomic E-state index is -0.241. The average molecular weight is 279 g/mol. The van der Waals surface area contributed by atoms with E-state index in [2.05, 4.69) is 0 Å². The first-order valence-electron chi connectivity index (χ1n) is 7.14. The summed E-state index contributed by atoms with van der Waals surface area (Å²) in [5, 5.41) is 0.